The molecule has 3 heteroatoms. The molecule has 0 aliphatic heterocycles. The molecule has 1 saturated carbocycles. The van der Waals surface area contributed by atoms with Gasteiger partial charge < -0.3 is 5.73 Å². The summed E-state index contributed by atoms with van der Waals surface area (Å²) in [6, 6.07) is 0. The molecule has 0 aromatic heterocycles. The van der Waals surface area contributed by atoms with Gasteiger partial charge in [0.15, 0.2) is 0 Å². The van der Waals surface area contributed by atoms with Crippen LogP contribution in [0, 0.1) is 5.92 Å². The molecule has 1 aliphatic rings. The summed E-state index contributed by atoms with van der Waals surface area (Å²) in [5, 5.41) is 0. The van der Waals surface area contributed by atoms with E-state index in [0.29, 0.717) is 31.0 Å². The molecule has 1 amide bonds. The minimum Gasteiger partial charge on any atom is -0.370 e. The second-order valence-corrected chi connectivity index (χ2v) is 3.15. The topological polar surface area (TPSA) is 60.2 Å². The lowest BCUT2D eigenvalue weighted by Crippen LogP contribution is -2.20. The summed E-state index contributed by atoms with van der Waals surface area (Å²) >= 11 is 0. The number of nitrogens with two attached hydrogens (primary N) is 1. The van der Waals surface area contributed by atoms with E-state index in [1.54, 1.807) is 0 Å². The van der Waals surface area contributed by atoms with Crippen LogP contribution in [0.4, 0.5) is 0 Å². The summed E-state index contributed by atoms with van der Waals surface area (Å²) in [7, 11) is 0. The van der Waals surface area contributed by atoms with Crippen LogP contribution >= 0.6 is 0 Å². The number of rotatable bonds is 2. The van der Waals surface area contributed by atoms with Gasteiger partial charge in [0.05, 0.1) is 0 Å². The SMILES string of the molecule is NC(=O)CC1CCC(=O)CC1. The Hall–Kier alpha value is -0.860. The lowest BCUT2D eigenvalue weighted by molar-refractivity contribution is -0.123. The van der Waals surface area contributed by atoms with Crippen molar-refractivity contribution in [2.45, 2.75) is 32.1 Å². The molecule has 11 heavy (non-hydrogen) atoms. The highest BCUT2D eigenvalue weighted by atomic mass is 16.1. The first-order valence-electron chi connectivity index (χ1n) is 3.98. The van der Waals surface area contributed by atoms with Gasteiger partial charge in [-0.3, -0.25) is 9.59 Å². The first kappa shape index (κ1) is 8.24. The van der Waals surface area contributed by atoms with Crippen LogP contribution in [0.15, 0.2) is 0 Å². The van der Waals surface area contributed by atoms with Gasteiger partial charge in [-0.1, -0.05) is 0 Å². The normalized spacial score (nSPS) is 20.2. The maximum absolute atomic E-state index is 10.8. The van der Waals surface area contributed by atoms with Gasteiger partial charge in [-0.05, 0) is 18.8 Å². The first-order chi connectivity index (χ1) is 5.18. The largest absolute Gasteiger partial charge is 0.370 e. The average Bonchev–Trinajstić information content (AvgIpc) is 1.93. The predicted octanol–water partition coefficient (Wildman–Crippen LogP) is 0.621. The quantitative estimate of drug-likeness (QED) is 0.635. The van der Waals surface area contributed by atoms with Gasteiger partial charge in [0.1, 0.15) is 5.78 Å². The van der Waals surface area contributed by atoms with E-state index < -0.39 is 0 Å². The van der Waals surface area contributed by atoms with E-state index in [1.165, 1.54) is 0 Å². The van der Waals surface area contributed by atoms with E-state index >= 15 is 0 Å². The molecule has 0 aromatic carbocycles. The second kappa shape index (κ2) is 3.51. The standard InChI is InChI=1S/C8H13NO2/c9-8(11)5-6-1-3-7(10)4-2-6/h6H,1-5H2,(H2,9,11). The number of amides is 1. The van der Waals surface area contributed by atoms with Crippen molar-refractivity contribution in [2.24, 2.45) is 11.7 Å². The number of hydrogen-bond acceptors (Lipinski definition) is 2. The molecule has 0 unspecified atom stereocenters. The number of carbonyl (C=O) groups excluding carboxylic acids is 2. The minimum atomic E-state index is -0.246. The summed E-state index contributed by atoms with van der Waals surface area (Å²) in [4.78, 5) is 21.3. The number of carbonyl (C=O) groups is 2. The van der Waals surface area contributed by atoms with E-state index in [9.17, 15) is 9.59 Å². The highest BCUT2D eigenvalue weighted by Gasteiger charge is 2.19. The van der Waals surface area contributed by atoms with E-state index in [0.717, 1.165) is 12.8 Å². The van der Waals surface area contributed by atoms with Crippen molar-refractivity contribution < 1.29 is 9.59 Å². The van der Waals surface area contributed by atoms with Gasteiger partial charge in [-0.2, -0.15) is 0 Å². The molecule has 1 fully saturated rings. The molecule has 0 atom stereocenters. The summed E-state index contributed by atoms with van der Waals surface area (Å²) in [6.07, 6.45) is 3.42. The number of ketones is 1. The lowest BCUT2D eigenvalue weighted by atomic mass is 9.86. The molecule has 0 heterocycles. The summed E-state index contributed by atoms with van der Waals surface area (Å²) in [6.45, 7) is 0. The molecular weight excluding hydrogens is 142 g/mol. The Labute approximate surface area is 66.0 Å². The minimum absolute atomic E-state index is 0.246. The maximum atomic E-state index is 10.8. The molecule has 2 N–H and O–H groups in total. The van der Waals surface area contributed by atoms with Crippen molar-refractivity contribution >= 4 is 11.7 Å². The van der Waals surface area contributed by atoms with E-state index in [1.807, 2.05) is 0 Å². The van der Waals surface area contributed by atoms with Crippen LogP contribution in [0.2, 0.25) is 0 Å². The Kier molecular flexibility index (Phi) is 2.63. The fourth-order valence-electron chi connectivity index (χ4n) is 1.49. The van der Waals surface area contributed by atoms with Gasteiger partial charge in [0, 0.05) is 19.3 Å². The van der Waals surface area contributed by atoms with Crippen molar-refractivity contribution in [1.82, 2.24) is 0 Å². The Morgan fingerprint density at radius 2 is 2.00 bits per heavy atom. The van der Waals surface area contributed by atoms with Gasteiger partial charge in [0.25, 0.3) is 0 Å². The first-order valence-corrected chi connectivity index (χ1v) is 3.98. The third-order valence-electron chi connectivity index (χ3n) is 2.15. The van der Waals surface area contributed by atoms with Crippen LogP contribution in [0.3, 0.4) is 0 Å². The summed E-state index contributed by atoms with van der Waals surface area (Å²) in [5.41, 5.74) is 5.03. The van der Waals surface area contributed by atoms with Crippen LogP contribution in [-0.2, 0) is 9.59 Å². The number of primary amides is 1. The molecule has 0 bridgehead atoms. The van der Waals surface area contributed by atoms with Crippen molar-refractivity contribution in [2.75, 3.05) is 0 Å². The zero-order valence-corrected chi connectivity index (χ0v) is 6.51. The Bertz CT molecular complexity index is 167. The Balaban J connectivity index is 2.28. The fraction of sp³-hybridized carbons (Fsp3) is 0.750. The van der Waals surface area contributed by atoms with Crippen LogP contribution in [0.1, 0.15) is 32.1 Å². The second-order valence-electron chi connectivity index (χ2n) is 3.15. The van der Waals surface area contributed by atoms with Crippen LogP contribution in [0.5, 0.6) is 0 Å². The molecule has 1 aliphatic carbocycles. The Morgan fingerprint density at radius 1 is 1.45 bits per heavy atom. The molecule has 0 saturated heterocycles. The molecule has 0 aromatic rings. The lowest BCUT2D eigenvalue weighted by Gasteiger charge is -2.18. The smallest absolute Gasteiger partial charge is 0.217 e. The van der Waals surface area contributed by atoms with E-state index in [2.05, 4.69) is 0 Å². The van der Waals surface area contributed by atoms with E-state index in [-0.39, 0.29) is 5.91 Å². The third kappa shape index (κ3) is 2.70. The highest BCUT2D eigenvalue weighted by Crippen LogP contribution is 2.23. The average molecular weight is 155 g/mol. The maximum Gasteiger partial charge on any atom is 0.217 e. The van der Waals surface area contributed by atoms with Crippen LogP contribution in [0.25, 0.3) is 0 Å². The molecule has 3 nitrogen and oxygen atoms in total. The number of hydrogen-bond donors (Lipinski definition) is 1. The molecule has 0 spiro atoms. The van der Waals surface area contributed by atoms with Gasteiger partial charge >= 0.3 is 0 Å². The molecule has 62 valence electrons. The Morgan fingerprint density at radius 3 is 2.45 bits per heavy atom. The fourth-order valence-corrected chi connectivity index (χ4v) is 1.49. The van der Waals surface area contributed by atoms with Crippen LogP contribution in [-0.4, -0.2) is 11.7 Å². The zero-order valence-electron chi connectivity index (χ0n) is 6.51. The van der Waals surface area contributed by atoms with E-state index in [4.69, 9.17) is 5.73 Å². The number of Topliss-reactive ketones (excluding diaryl/α,β-unsaturated/α-hetero) is 1. The summed E-state index contributed by atoms with van der Waals surface area (Å²) in [5.74, 6) is 0.445. The highest BCUT2D eigenvalue weighted by molar-refractivity contribution is 5.79. The van der Waals surface area contributed by atoms with Crippen molar-refractivity contribution in [1.29, 1.82) is 0 Å². The van der Waals surface area contributed by atoms with Gasteiger partial charge in [0.2, 0.25) is 5.91 Å². The van der Waals surface area contributed by atoms with Crippen molar-refractivity contribution in [3.05, 3.63) is 0 Å². The zero-order chi connectivity index (χ0) is 8.27. The molecule has 1 rings (SSSR count). The van der Waals surface area contributed by atoms with Gasteiger partial charge in [-0.25, -0.2) is 0 Å². The monoisotopic (exact) mass is 155 g/mol. The predicted molar refractivity (Wildman–Crippen MR) is 40.8 cm³/mol. The summed E-state index contributed by atoms with van der Waals surface area (Å²) < 4.78 is 0. The van der Waals surface area contributed by atoms with Gasteiger partial charge in [-0.15, -0.1) is 0 Å². The molecular formula is C8H13NO2. The molecule has 0 radical (unpaired) electrons. The van der Waals surface area contributed by atoms with Crippen molar-refractivity contribution in [3.8, 4) is 0 Å². The van der Waals surface area contributed by atoms with Crippen LogP contribution < -0.4 is 5.73 Å². The third-order valence-corrected chi connectivity index (χ3v) is 2.15. The van der Waals surface area contributed by atoms with Crippen molar-refractivity contribution in [3.63, 3.8) is 0 Å².